The van der Waals surface area contributed by atoms with Gasteiger partial charge < -0.3 is 4.74 Å². The molecular weight excluding hydrogens is 386 g/mol. The Labute approximate surface area is 165 Å². The van der Waals surface area contributed by atoms with Crippen molar-refractivity contribution in [1.82, 2.24) is 4.90 Å². The van der Waals surface area contributed by atoms with Crippen LogP contribution in [-0.2, 0) is 4.79 Å². The molecule has 0 bridgehead atoms. The van der Waals surface area contributed by atoms with E-state index in [1.54, 1.807) is 43.5 Å². The Morgan fingerprint density at radius 3 is 2.56 bits per heavy atom. The van der Waals surface area contributed by atoms with Gasteiger partial charge in [0.15, 0.2) is 5.78 Å². The molecule has 0 spiro atoms. The first-order valence-electron chi connectivity index (χ1n) is 8.08. The van der Waals surface area contributed by atoms with E-state index < -0.39 is 11.1 Å². The summed E-state index contributed by atoms with van der Waals surface area (Å²) in [5.41, 5.74) is 2.11. The molecule has 5 nitrogen and oxygen atoms in total. The first-order chi connectivity index (χ1) is 12.9. The number of hydrogen-bond donors (Lipinski definition) is 0. The fourth-order valence-electron chi connectivity index (χ4n) is 2.58. The molecule has 1 heterocycles. The lowest BCUT2D eigenvalue weighted by Gasteiger charge is -2.11. The highest BCUT2D eigenvalue weighted by molar-refractivity contribution is 8.18. The van der Waals surface area contributed by atoms with Crippen LogP contribution in [0.2, 0.25) is 5.02 Å². The standard InChI is InChI=1S/C20H16ClNO4S/c1-12-3-4-13(9-17(12)26-2)10-18-19(24)22(20(25)27-18)11-16(23)14-5-7-15(21)8-6-14/h3-10H,11H2,1-2H3/b18-10+. The average molecular weight is 402 g/mol. The van der Waals surface area contributed by atoms with Gasteiger partial charge in [-0.2, -0.15) is 0 Å². The Balaban J connectivity index is 1.78. The van der Waals surface area contributed by atoms with Crippen LogP contribution in [0.3, 0.4) is 0 Å². The van der Waals surface area contributed by atoms with E-state index in [-0.39, 0.29) is 17.2 Å². The van der Waals surface area contributed by atoms with Crippen LogP contribution in [0.5, 0.6) is 5.75 Å². The van der Waals surface area contributed by atoms with Crippen LogP contribution in [0.25, 0.3) is 6.08 Å². The zero-order chi connectivity index (χ0) is 19.6. The number of Topliss-reactive ketones (excluding diaryl/α,β-unsaturated/α-hetero) is 1. The van der Waals surface area contributed by atoms with E-state index in [4.69, 9.17) is 16.3 Å². The number of carbonyl (C=O) groups excluding carboxylic acids is 3. The van der Waals surface area contributed by atoms with Crippen molar-refractivity contribution in [2.45, 2.75) is 6.92 Å². The van der Waals surface area contributed by atoms with E-state index >= 15 is 0 Å². The van der Waals surface area contributed by atoms with Crippen LogP contribution in [0.1, 0.15) is 21.5 Å². The Morgan fingerprint density at radius 2 is 1.89 bits per heavy atom. The predicted octanol–water partition coefficient (Wildman–Crippen LogP) is 4.58. The molecule has 0 aliphatic carbocycles. The van der Waals surface area contributed by atoms with Crippen molar-refractivity contribution in [3.05, 3.63) is 69.1 Å². The summed E-state index contributed by atoms with van der Waals surface area (Å²) in [6, 6.07) is 11.8. The van der Waals surface area contributed by atoms with Gasteiger partial charge in [-0.15, -0.1) is 0 Å². The minimum Gasteiger partial charge on any atom is -0.496 e. The highest BCUT2D eigenvalue weighted by atomic mass is 35.5. The summed E-state index contributed by atoms with van der Waals surface area (Å²) in [5.74, 6) is -0.111. The van der Waals surface area contributed by atoms with E-state index in [9.17, 15) is 14.4 Å². The van der Waals surface area contributed by atoms with E-state index in [1.807, 2.05) is 19.1 Å². The number of imide groups is 1. The Kier molecular flexibility index (Phi) is 5.68. The van der Waals surface area contributed by atoms with E-state index in [2.05, 4.69) is 0 Å². The number of methoxy groups -OCH3 is 1. The van der Waals surface area contributed by atoms with Crippen LogP contribution in [0, 0.1) is 6.92 Å². The smallest absolute Gasteiger partial charge is 0.293 e. The van der Waals surface area contributed by atoms with Gasteiger partial charge in [0.25, 0.3) is 11.1 Å². The topological polar surface area (TPSA) is 63.7 Å². The van der Waals surface area contributed by atoms with Crippen molar-refractivity contribution in [2.75, 3.05) is 13.7 Å². The lowest BCUT2D eigenvalue weighted by atomic mass is 10.1. The third-order valence-corrected chi connectivity index (χ3v) is 5.23. The van der Waals surface area contributed by atoms with E-state index in [0.717, 1.165) is 27.8 Å². The summed E-state index contributed by atoms with van der Waals surface area (Å²) in [6.45, 7) is 1.61. The van der Waals surface area contributed by atoms with Crippen LogP contribution < -0.4 is 4.74 Å². The summed E-state index contributed by atoms with van der Waals surface area (Å²) in [7, 11) is 1.57. The number of amides is 2. The number of ketones is 1. The van der Waals surface area contributed by atoms with Crippen molar-refractivity contribution >= 4 is 46.4 Å². The molecule has 1 saturated heterocycles. The molecule has 0 radical (unpaired) electrons. The molecule has 1 aliphatic heterocycles. The second-order valence-electron chi connectivity index (χ2n) is 5.93. The maximum Gasteiger partial charge on any atom is 0.293 e. The summed E-state index contributed by atoms with van der Waals surface area (Å²) in [5, 5.41) is 0.0433. The van der Waals surface area contributed by atoms with Crippen LogP contribution >= 0.6 is 23.4 Å². The van der Waals surface area contributed by atoms with Gasteiger partial charge in [0.2, 0.25) is 0 Å². The lowest BCUT2D eigenvalue weighted by molar-refractivity contribution is -0.122. The molecule has 2 aromatic carbocycles. The van der Waals surface area contributed by atoms with Crippen LogP contribution in [-0.4, -0.2) is 35.5 Å². The number of rotatable bonds is 5. The minimum absolute atomic E-state index is 0.273. The average Bonchev–Trinajstić information content (AvgIpc) is 2.91. The summed E-state index contributed by atoms with van der Waals surface area (Å²) in [6.07, 6.45) is 1.62. The van der Waals surface area contributed by atoms with Gasteiger partial charge >= 0.3 is 0 Å². The zero-order valence-corrected chi connectivity index (χ0v) is 16.3. The number of ether oxygens (including phenoxy) is 1. The lowest BCUT2D eigenvalue weighted by Crippen LogP contribution is -2.33. The van der Waals surface area contributed by atoms with E-state index in [0.29, 0.717) is 16.3 Å². The molecule has 2 amide bonds. The molecule has 27 heavy (non-hydrogen) atoms. The van der Waals surface area contributed by atoms with Gasteiger partial charge in [0, 0.05) is 10.6 Å². The maximum absolute atomic E-state index is 12.6. The molecule has 3 rings (SSSR count). The minimum atomic E-state index is -0.480. The van der Waals surface area contributed by atoms with Gasteiger partial charge in [-0.05, 0) is 66.2 Å². The Morgan fingerprint density at radius 1 is 1.19 bits per heavy atom. The summed E-state index contributed by atoms with van der Waals surface area (Å²) in [4.78, 5) is 38.4. The van der Waals surface area contributed by atoms with Gasteiger partial charge in [-0.25, -0.2) is 0 Å². The Hall–Kier alpha value is -2.57. The number of benzene rings is 2. The maximum atomic E-state index is 12.6. The molecular formula is C20H16ClNO4S. The largest absolute Gasteiger partial charge is 0.496 e. The molecule has 0 atom stereocenters. The SMILES string of the molecule is COc1cc(/C=C2/SC(=O)N(CC(=O)c3ccc(Cl)cc3)C2=O)ccc1C. The summed E-state index contributed by atoms with van der Waals surface area (Å²) >= 11 is 6.63. The number of nitrogens with zero attached hydrogens (tertiary/aromatic N) is 1. The zero-order valence-electron chi connectivity index (χ0n) is 14.7. The Bertz CT molecular complexity index is 953. The molecule has 0 N–H and O–H groups in total. The predicted molar refractivity (Wildman–Crippen MR) is 106 cm³/mol. The van der Waals surface area contributed by atoms with Gasteiger partial charge in [0.05, 0.1) is 18.6 Å². The summed E-state index contributed by atoms with van der Waals surface area (Å²) < 4.78 is 5.28. The van der Waals surface area contributed by atoms with Crippen molar-refractivity contribution < 1.29 is 19.1 Å². The third kappa shape index (κ3) is 4.23. The van der Waals surface area contributed by atoms with Crippen molar-refractivity contribution in [3.8, 4) is 5.75 Å². The normalized spacial score (nSPS) is 15.5. The number of hydrogen-bond acceptors (Lipinski definition) is 5. The second kappa shape index (κ2) is 7.98. The van der Waals surface area contributed by atoms with Gasteiger partial charge in [-0.1, -0.05) is 23.7 Å². The van der Waals surface area contributed by atoms with E-state index in [1.165, 1.54) is 0 Å². The molecule has 0 unspecified atom stereocenters. The monoisotopic (exact) mass is 401 g/mol. The molecule has 138 valence electrons. The molecule has 1 aliphatic rings. The number of halogens is 1. The van der Waals surface area contributed by atoms with Gasteiger partial charge in [-0.3, -0.25) is 19.3 Å². The number of carbonyl (C=O) groups is 3. The van der Waals surface area contributed by atoms with Crippen LogP contribution in [0.15, 0.2) is 47.4 Å². The van der Waals surface area contributed by atoms with Crippen molar-refractivity contribution in [3.63, 3.8) is 0 Å². The quantitative estimate of drug-likeness (QED) is 0.542. The van der Waals surface area contributed by atoms with Crippen molar-refractivity contribution in [2.24, 2.45) is 0 Å². The number of aryl methyl sites for hydroxylation is 1. The molecule has 7 heteroatoms. The van der Waals surface area contributed by atoms with Crippen molar-refractivity contribution in [1.29, 1.82) is 0 Å². The first-order valence-corrected chi connectivity index (χ1v) is 9.27. The fraction of sp³-hybridized carbons (Fsp3) is 0.150. The highest BCUT2D eigenvalue weighted by Crippen LogP contribution is 2.33. The number of thioether (sulfide) groups is 1. The first kappa shape index (κ1) is 19.2. The molecule has 1 fully saturated rings. The molecule has 0 saturated carbocycles. The van der Waals surface area contributed by atoms with Gasteiger partial charge in [0.1, 0.15) is 5.75 Å². The fourth-order valence-corrected chi connectivity index (χ4v) is 3.55. The highest BCUT2D eigenvalue weighted by Gasteiger charge is 2.36. The second-order valence-corrected chi connectivity index (χ2v) is 7.36. The third-order valence-electron chi connectivity index (χ3n) is 4.07. The molecule has 0 aromatic heterocycles. The van der Waals surface area contributed by atoms with Crippen LogP contribution in [0.4, 0.5) is 4.79 Å². The molecule has 2 aromatic rings.